The van der Waals surface area contributed by atoms with Crippen LogP contribution in [-0.2, 0) is 5.41 Å². The van der Waals surface area contributed by atoms with Crippen molar-refractivity contribution in [2.24, 2.45) is 0 Å². The highest BCUT2D eigenvalue weighted by Gasteiger charge is 2.42. The third-order valence-corrected chi connectivity index (χ3v) is 3.55. The van der Waals surface area contributed by atoms with E-state index in [2.05, 4.69) is 16.9 Å². The van der Waals surface area contributed by atoms with Gasteiger partial charge in [-0.25, -0.2) is 9.97 Å². The predicted molar refractivity (Wildman–Crippen MR) is 62.7 cm³/mol. The van der Waals surface area contributed by atoms with E-state index >= 15 is 0 Å². The zero-order valence-corrected chi connectivity index (χ0v) is 10.7. The highest BCUT2D eigenvalue weighted by molar-refractivity contribution is 6.34. The van der Waals surface area contributed by atoms with Crippen molar-refractivity contribution in [3.8, 4) is 0 Å². The van der Waals surface area contributed by atoms with E-state index in [1.807, 2.05) is 13.8 Å². The molecule has 0 saturated heterocycles. The number of rotatable bonds is 2. The lowest BCUT2D eigenvalue weighted by molar-refractivity contribution is 0.699. The SMILES string of the molecule is CC(C)c1c(Cl)nc(C2(C)CC2)nc1Cl. The van der Waals surface area contributed by atoms with Crippen molar-refractivity contribution in [2.75, 3.05) is 0 Å². The summed E-state index contributed by atoms with van der Waals surface area (Å²) in [5, 5.41) is 1.02. The van der Waals surface area contributed by atoms with Crippen LogP contribution >= 0.6 is 23.2 Å². The molecular formula is C11H14Cl2N2. The average Bonchev–Trinajstić information content (AvgIpc) is 2.82. The zero-order chi connectivity index (χ0) is 11.2. The predicted octanol–water partition coefficient (Wildman–Crippen LogP) is 3.96. The summed E-state index contributed by atoms with van der Waals surface area (Å²) in [5.74, 6) is 1.05. The van der Waals surface area contributed by atoms with E-state index in [0.29, 0.717) is 10.3 Å². The number of aromatic nitrogens is 2. The second-order valence-corrected chi connectivity index (χ2v) is 5.47. The lowest BCUT2D eigenvalue weighted by Gasteiger charge is -2.13. The fraction of sp³-hybridized carbons (Fsp3) is 0.636. The largest absolute Gasteiger partial charge is 0.220 e. The third kappa shape index (κ3) is 1.98. The van der Waals surface area contributed by atoms with E-state index < -0.39 is 0 Å². The van der Waals surface area contributed by atoms with Gasteiger partial charge in [0.15, 0.2) is 0 Å². The number of halogens is 2. The van der Waals surface area contributed by atoms with Crippen LogP contribution in [0.15, 0.2) is 0 Å². The first-order valence-electron chi connectivity index (χ1n) is 5.17. The lowest BCUT2D eigenvalue weighted by Crippen LogP contribution is -2.09. The summed E-state index contributed by atoms with van der Waals surface area (Å²) in [6.07, 6.45) is 2.25. The molecule has 1 aliphatic rings. The van der Waals surface area contributed by atoms with Gasteiger partial charge < -0.3 is 0 Å². The van der Waals surface area contributed by atoms with Crippen molar-refractivity contribution in [1.82, 2.24) is 9.97 Å². The van der Waals surface area contributed by atoms with Gasteiger partial charge in [0.05, 0.1) is 0 Å². The van der Waals surface area contributed by atoms with Gasteiger partial charge in [-0.3, -0.25) is 0 Å². The topological polar surface area (TPSA) is 25.8 Å². The smallest absolute Gasteiger partial charge is 0.137 e. The molecule has 1 aromatic heterocycles. The summed E-state index contributed by atoms with van der Waals surface area (Å²) < 4.78 is 0. The molecule has 2 rings (SSSR count). The van der Waals surface area contributed by atoms with Gasteiger partial charge >= 0.3 is 0 Å². The van der Waals surface area contributed by atoms with Crippen molar-refractivity contribution in [3.63, 3.8) is 0 Å². The molecule has 1 heterocycles. The Morgan fingerprint density at radius 1 is 1.13 bits per heavy atom. The molecule has 82 valence electrons. The van der Waals surface area contributed by atoms with Crippen molar-refractivity contribution >= 4 is 23.2 Å². The van der Waals surface area contributed by atoms with Crippen LogP contribution in [-0.4, -0.2) is 9.97 Å². The van der Waals surface area contributed by atoms with Crippen LogP contribution in [0.25, 0.3) is 0 Å². The molecule has 0 aliphatic heterocycles. The monoisotopic (exact) mass is 244 g/mol. The fourth-order valence-corrected chi connectivity index (χ4v) is 2.40. The Hall–Kier alpha value is -0.340. The van der Waals surface area contributed by atoms with Crippen molar-refractivity contribution in [1.29, 1.82) is 0 Å². The maximum atomic E-state index is 6.13. The summed E-state index contributed by atoms with van der Waals surface area (Å²) >= 11 is 12.3. The third-order valence-electron chi connectivity index (χ3n) is 2.97. The standard InChI is InChI=1S/C11H14Cl2N2/c1-6(2)7-8(12)14-10(15-9(7)13)11(3)4-5-11/h6H,4-5H2,1-3H3. The molecule has 15 heavy (non-hydrogen) atoms. The Kier molecular flexibility index (Phi) is 2.68. The van der Waals surface area contributed by atoms with Crippen LogP contribution in [0.2, 0.25) is 10.3 Å². The molecule has 0 bridgehead atoms. The zero-order valence-electron chi connectivity index (χ0n) is 9.14. The first kappa shape index (κ1) is 11.2. The molecule has 0 spiro atoms. The molecule has 0 unspecified atom stereocenters. The fourth-order valence-electron chi connectivity index (χ4n) is 1.57. The Bertz CT molecular complexity index is 375. The number of hydrogen-bond donors (Lipinski definition) is 0. The van der Waals surface area contributed by atoms with Crippen LogP contribution < -0.4 is 0 Å². The summed E-state index contributed by atoms with van der Waals surface area (Å²) in [5.41, 5.74) is 0.967. The van der Waals surface area contributed by atoms with E-state index in [1.165, 1.54) is 0 Å². The minimum absolute atomic E-state index is 0.114. The van der Waals surface area contributed by atoms with Gasteiger partial charge in [0.1, 0.15) is 16.1 Å². The van der Waals surface area contributed by atoms with Gasteiger partial charge in [-0.1, -0.05) is 44.0 Å². The lowest BCUT2D eigenvalue weighted by atomic mass is 10.1. The highest BCUT2D eigenvalue weighted by Crippen LogP contribution is 2.47. The van der Waals surface area contributed by atoms with Gasteiger partial charge in [-0.05, 0) is 18.8 Å². The van der Waals surface area contributed by atoms with Crippen molar-refractivity contribution in [3.05, 3.63) is 21.7 Å². The minimum atomic E-state index is 0.114. The van der Waals surface area contributed by atoms with Gasteiger partial charge in [-0.15, -0.1) is 0 Å². The second-order valence-electron chi connectivity index (χ2n) is 4.76. The Labute approximate surface area is 100 Å². The molecular weight excluding hydrogens is 231 g/mol. The molecule has 0 atom stereocenters. The van der Waals surface area contributed by atoms with Crippen molar-refractivity contribution in [2.45, 2.75) is 44.9 Å². The molecule has 0 N–H and O–H groups in total. The minimum Gasteiger partial charge on any atom is -0.220 e. The average molecular weight is 245 g/mol. The summed E-state index contributed by atoms with van der Waals surface area (Å²) in [6.45, 7) is 6.22. The second kappa shape index (κ2) is 3.60. The molecule has 4 heteroatoms. The first-order chi connectivity index (χ1) is 6.94. The molecule has 2 nitrogen and oxygen atoms in total. The van der Waals surface area contributed by atoms with Gasteiger partial charge in [0.25, 0.3) is 0 Å². The van der Waals surface area contributed by atoms with Crippen LogP contribution in [0.4, 0.5) is 0 Å². The first-order valence-corrected chi connectivity index (χ1v) is 5.93. The Balaban J connectivity index is 2.48. The molecule has 0 amide bonds. The molecule has 0 aromatic carbocycles. The quantitative estimate of drug-likeness (QED) is 0.737. The van der Waals surface area contributed by atoms with Crippen LogP contribution in [0.5, 0.6) is 0 Å². The summed E-state index contributed by atoms with van der Waals surface area (Å²) in [7, 11) is 0. The van der Waals surface area contributed by atoms with E-state index in [-0.39, 0.29) is 11.3 Å². The Morgan fingerprint density at radius 3 is 1.93 bits per heavy atom. The highest BCUT2D eigenvalue weighted by atomic mass is 35.5. The van der Waals surface area contributed by atoms with E-state index in [9.17, 15) is 0 Å². The molecule has 1 fully saturated rings. The molecule has 1 saturated carbocycles. The molecule has 1 aromatic rings. The molecule has 0 radical (unpaired) electrons. The van der Waals surface area contributed by atoms with Gasteiger partial charge in [-0.2, -0.15) is 0 Å². The normalized spacial score (nSPS) is 18.3. The van der Waals surface area contributed by atoms with Crippen LogP contribution in [0, 0.1) is 0 Å². The van der Waals surface area contributed by atoms with Gasteiger partial charge in [0, 0.05) is 11.0 Å². The van der Waals surface area contributed by atoms with Crippen LogP contribution in [0.3, 0.4) is 0 Å². The van der Waals surface area contributed by atoms with E-state index in [4.69, 9.17) is 23.2 Å². The Morgan fingerprint density at radius 2 is 1.60 bits per heavy atom. The summed E-state index contributed by atoms with van der Waals surface area (Å²) in [6, 6.07) is 0. The maximum absolute atomic E-state index is 6.13. The summed E-state index contributed by atoms with van der Waals surface area (Å²) in [4.78, 5) is 8.72. The van der Waals surface area contributed by atoms with E-state index in [1.54, 1.807) is 0 Å². The van der Waals surface area contributed by atoms with E-state index in [0.717, 1.165) is 24.2 Å². The van der Waals surface area contributed by atoms with Gasteiger partial charge in [0.2, 0.25) is 0 Å². The van der Waals surface area contributed by atoms with Crippen molar-refractivity contribution < 1.29 is 0 Å². The molecule has 1 aliphatic carbocycles. The number of nitrogens with zero attached hydrogens (tertiary/aromatic N) is 2. The van der Waals surface area contributed by atoms with Crippen LogP contribution in [0.1, 0.15) is 50.9 Å². The maximum Gasteiger partial charge on any atom is 0.137 e. The number of hydrogen-bond acceptors (Lipinski definition) is 2.